The van der Waals surface area contributed by atoms with Crippen molar-refractivity contribution < 1.29 is 28.6 Å². The van der Waals surface area contributed by atoms with Crippen LogP contribution < -0.4 is 20.1 Å². The Bertz CT molecular complexity index is 649. The van der Waals surface area contributed by atoms with Gasteiger partial charge in [-0.1, -0.05) is 0 Å². The fraction of sp³-hybridized carbons (Fsp3) is 0.385. The molecule has 0 aliphatic rings. The number of amides is 2. The van der Waals surface area contributed by atoms with Crippen molar-refractivity contribution in [1.82, 2.24) is 10.6 Å². The van der Waals surface area contributed by atoms with E-state index >= 15 is 0 Å². The minimum atomic E-state index is -0.860. The summed E-state index contributed by atoms with van der Waals surface area (Å²) >= 11 is 0.693. The van der Waals surface area contributed by atoms with Crippen molar-refractivity contribution in [3.63, 3.8) is 0 Å². The Morgan fingerprint density at radius 2 is 1.61 bits per heavy atom. The molecule has 0 saturated heterocycles. The molecule has 1 rings (SSSR count). The first-order valence-corrected chi connectivity index (χ1v) is 7.36. The lowest BCUT2D eigenvalue weighted by Crippen LogP contribution is -2.28. The van der Waals surface area contributed by atoms with Crippen LogP contribution in [0.2, 0.25) is 0 Å². The van der Waals surface area contributed by atoms with Crippen LogP contribution in [-0.2, 0) is 4.74 Å². The SMILES string of the molecule is CCNC(=O)Oc1c(C#N)sc(C(=O)OC)c1OC(=O)NCC. The van der Waals surface area contributed by atoms with Gasteiger partial charge in [0.15, 0.2) is 9.75 Å². The van der Waals surface area contributed by atoms with Crippen molar-refractivity contribution in [2.24, 2.45) is 0 Å². The Morgan fingerprint density at radius 3 is 2.04 bits per heavy atom. The lowest BCUT2D eigenvalue weighted by molar-refractivity contribution is 0.0603. The Hall–Kier alpha value is -2.80. The third kappa shape index (κ3) is 4.58. The number of nitriles is 1. The summed E-state index contributed by atoms with van der Waals surface area (Å²) in [6.45, 7) is 3.92. The number of thiophene rings is 1. The number of carbonyl (C=O) groups is 3. The molecule has 124 valence electrons. The van der Waals surface area contributed by atoms with Crippen LogP contribution in [0.3, 0.4) is 0 Å². The van der Waals surface area contributed by atoms with Gasteiger partial charge in [-0.2, -0.15) is 5.26 Å². The Morgan fingerprint density at radius 1 is 1.09 bits per heavy atom. The number of nitrogens with one attached hydrogen (secondary N) is 2. The van der Waals surface area contributed by atoms with Crippen molar-refractivity contribution in [3.05, 3.63) is 9.75 Å². The van der Waals surface area contributed by atoms with E-state index in [9.17, 15) is 14.4 Å². The van der Waals surface area contributed by atoms with Crippen LogP contribution in [0.25, 0.3) is 0 Å². The molecule has 2 amide bonds. The maximum Gasteiger partial charge on any atom is 0.412 e. The summed E-state index contributed by atoms with van der Waals surface area (Å²) in [6.07, 6.45) is -1.71. The van der Waals surface area contributed by atoms with Crippen LogP contribution in [0.15, 0.2) is 0 Å². The molecule has 1 heterocycles. The molecule has 1 aromatic heterocycles. The van der Waals surface area contributed by atoms with Crippen LogP contribution in [0.1, 0.15) is 28.4 Å². The maximum absolute atomic E-state index is 11.8. The summed E-state index contributed by atoms with van der Waals surface area (Å²) in [7, 11) is 1.13. The topological polar surface area (TPSA) is 127 Å². The van der Waals surface area contributed by atoms with Gasteiger partial charge in [-0.3, -0.25) is 0 Å². The summed E-state index contributed by atoms with van der Waals surface area (Å²) in [4.78, 5) is 34.7. The molecule has 10 heteroatoms. The molecule has 0 unspecified atom stereocenters. The molecule has 0 bridgehead atoms. The van der Waals surface area contributed by atoms with E-state index in [4.69, 9.17) is 14.7 Å². The molecule has 0 spiro atoms. The number of hydrogen-bond acceptors (Lipinski definition) is 8. The minimum absolute atomic E-state index is 0.101. The second-order valence-electron chi connectivity index (χ2n) is 3.86. The maximum atomic E-state index is 11.8. The number of rotatable bonds is 5. The number of nitrogens with zero attached hydrogens (tertiary/aromatic N) is 1. The average molecular weight is 341 g/mol. The molecule has 0 aliphatic heterocycles. The predicted octanol–water partition coefficient (Wildman–Crippen LogP) is 1.62. The van der Waals surface area contributed by atoms with Crippen molar-refractivity contribution in [2.75, 3.05) is 20.2 Å². The molecular formula is C13H15N3O6S. The molecule has 1 aromatic rings. The fourth-order valence-electron chi connectivity index (χ4n) is 1.43. The number of methoxy groups -OCH3 is 1. The number of carbonyl (C=O) groups excluding carboxylic acids is 3. The highest BCUT2D eigenvalue weighted by Gasteiger charge is 2.30. The van der Waals surface area contributed by atoms with E-state index in [1.807, 2.05) is 0 Å². The van der Waals surface area contributed by atoms with Crippen molar-refractivity contribution in [3.8, 4) is 17.6 Å². The van der Waals surface area contributed by atoms with Gasteiger partial charge in [-0.25, -0.2) is 14.4 Å². The summed E-state index contributed by atoms with van der Waals surface area (Å²) < 4.78 is 14.6. The van der Waals surface area contributed by atoms with Gasteiger partial charge in [-0.05, 0) is 13.8 Å². The monoisotopic (exact) mass is 341 g/mol. The summed E-state index contributed by atoms with van der Waals surface area (Å²) in [5.74, 6) is -1.47. The number of ether oxygens (including phenoxy) is 3. The number of hydrogen-bond donors (Lipinski definition) is 2. The van der Waals surface area contributed by atoms with E-state index in [1.54, 1.807) is 19.9 Å². The fourth-order valence-corrected chi connectivity index (χ4v) is 2.30. The quantitative estimate of drug-likeness (QED) is 0.779. The predicted molar refractivity (Wildman–Crippen MR) is 79.8 cm³/mol. The van der Waals surface area contributed by atoms with Gasteiger partial charge in [0.2, 0.25) is 11.5 Å². The van der Waals surface area contributed by atoms with Crippen molar-refractivity contribution in [1.29, 1.82) is 5.26 Å². The first-order valence-electron chi connectivity index (χ1n) is 6.54. The third-order valence-electron chi connectivity index (χ3n) is 2.33. The molecule has 0 fully saturated rings. The smallest absolute Gasteiger partial charge is 0.412 e. The molecule has 0 atom stereocenters. The lowest BCUT2D eigenvalue weighted by Gasteiger charge is -2.09. The van der Waals surface area contributed by atoms with Gasteiger partial charge < -0.3 is 24.8 Å². The molecule has 0 aromatic carbocycles. The Kier molecular flexibility index (Phi) is 6.82. The van der Waals surface area contributed by atoms with Gasteiger partial charge in [0.1, 0.15) is 6.07 Å². The minimum Gasteiger partial charge on any atom is -0.465 e. The standard InChI is InChI=1S/C13H15N3O6S/c1-4-15-12(18)21-8-7(6-14)23-10(11(17)20-3)9(8)22-13(19)16-5-2/h4-5H2,1-3H3,(H,15,18)(H,16,19). The molecule has 9 nitrogen and oxygen atoms in total. The molecule has 2 N–H and O–H groups in total. The highest BCUT2D eigenvalue weighted by Crippen LogP contribution is 2.42. The zero-order chi connectivity index (χ0) is 17.4. The molecule has 0 aliphatic carbocycles. The van der Waals surface area contributed by atoms with E-state index in [-0.39, 0.29) is 27.8 Å². The zero-order valence-electron chi connectivity index (χ0n) is 12.7. The van der Waals surface area contributed by atoms with E-state index in [0.717, 1.165) is 7.11 Å². The van der Waals surface area contributed by atoms with Crippen molar-refractivity contribution >= 4 is 29.5 Å². The summed E-state index contributed by atoms with van der Waals surface area (Å²) in [5, 5.41) is 13.9. The first-order chi connectivity index (χ1) is 11.0. The van der Waals surface area contributed by atoms with Crippen LogP contribution in [0, 0.1) is 11.3 Å². The lowest BCUT2D eigenvalue weighted by atomic mass is 10.3. The summed E-state index contributed by atoms with van der Waals surface area (Å²) in [6, 6.07) is 1.78. The van der Waals surface area contributed by atoms with Gasteiger partial charge in [0.05, 0.1) is 7.11 Å². The molecule has 23 heavy (non-hydrogen) atoms. The van der Waals surface area contributed by atoms with Crippen LogP contribution in [0.4, 0.5) is 9.59 Å². The van der Waals surface area contributed by atoms with E-state index in [1.165, 1.54) is 0 Å². The second-order valence-corrected chi connectivity index (χ2v) is 4.88. The van der Waals surface area contributed by atoms with Crippen molar-refractivity contribution in [2.45, 2.75) is 13.8 Å². The normalized spacial score (nSPS) is 9.48. The Balaban J connectivity index is 3.30. The van der Waals surface area contributed by atoms with Gasteiger partial charge in [-0.15, -0.1) is 11.3 Å². The van der Waals surface area contributed by atoms with E-state index in [0.29, 0.717) is 17.9 Å². The first kappa shape index (κ1) is 18.2. The molecular weight excluding hydrogens is 326 g/mol. The second kappa shape index (κ2) is 8.60. The van der Waals surface area contributed by atoms with Gasteiger partial charge in [0.25, 0.3) is 0 Å². The van der Waals surface area contributed by atoms with E-state index < -0.39 is 18.2 Å². The zero-order valence-corrected chi connectivity index (χ0v) is 13.5. The van der Waals surface area contributed by atoms with Gasteiger partial charge >= 0.3 is 18.2 Å². The van der Waals surface area contributed by atoms with Gasteiger partial charge in [0, 0.05) is 13.1 Å². The highest BCUT2D eigenvalue weighted by molar-refractivity contribution is 7.15. The molecule has 0 radical (unpaired) electrons. The van der Waals surface area contributed by atoms with Crippen LogP contribution >= 0.6 is 11.3 Å². The van der Waals surface area contributed by atoms with Crippen LogP contribution in [0.5, 0.6) is 11.5 Å². The highest BCUT2D eigenvalue weighted by atomic mass is 32.1. The summed E-state index contributed by atoms with van der Waals surface area (Å²) in [5.41, 5.74) is 0. The Labute approximate surface area is 136 Å². The third-order valence-corrected chi connectivity index (χ3v) is 3.36. The average Bonchev–Trinajstić information content (AvgIpc) is 2.85. The van der Waals surface area contributed by atoms with E-state index in [2.05, 4.69) is 15.4 Å². The molecule has 0 saturated carbocycles. The number of esters is 1. The van der Waals surface area contributed by atoms with Crippen LogP contribution in [-0.4, -0.2) is 38.4 Å². The largest absolute Gasteiger partial charge is 0.465 e.